The first kappa shape index (κ1) is 15.0. The highest BCUT2D eigenvalue weighted by atomic mass is 16.5. The van der Waals surface area contributed by atoms with Gasteiger partial charge in [-0.15, -0.1) is 0 Å². The van der Waals surface area contributed by atoms with Gasteiger partial charge in [-0.1, -0.05) is 13.8 Å². The monoisotopic (exact) mass is 257 g/mol. The Morgan fingerprint density at radius 1 is 1.39 bits per heavy atom. The molecule has 1 N–H and O–H groups in total. The molecule has 0 aromatic rings. The number of hydrogen-bond donors (Lipinski definition) is 1. The molecule has 0 spiro atoms. The van der Waals surface area contributed by atoms with Crippen LogP contribution >= 0.6 is 0 Å². The summed E-state index contributed by atoms with van der Waals surface area (Å²) >= 11 is 0. The molecule has 5 heteroatoms. The van der Waals surface area contributed by atoms with E-state index in [1.165, 1.54) is 0 Å². The Kier molecular flexibility index (Phi) is 4.73. The third kappa shape index (κ3) is 3.02. The van der Waals surface area contributed by atoms with E-state index in [-0.39, 0.29) is 36.3 Å². The fraction of sp³-hybridized carbons (Fsp3) is 0.846. The highest BCUT2D eigenvalue weighted by Gasteiger charge is 2.51. The van der Waals surface area contributed by atoms with E-state index < -0.39 is 5.97 Å². The third-order valence-corrected chi connectivity index (χ3v) is 3.91. The fourth-order valence-electron chi connectivity index (χ4n) is 2.57. The largest absolute Gasteiger partial charge is 0.481 e. The van der Waals surface area contributed by atoms with Crippen LogP contribution in [0.4, 0.5) is 0 Å². The van der Waals surface area contributed by atoms with Crippen LogP contribution < -0.4 is 0 Å². The Balaban J connectivity index is 2.51. The average molecular weight is 257 g/mol. The van der Waals surface area contributed by atoms with Gasteiger partial charge >= 0.3 is 5.97 Å². The second-order valence-electron chi connectivity index (χ2n) is 5.42. The first-order valence-electron chi connectivity index (χ1n) is 6.39. The molecule has 1 amide bonds. The fourth-order valence-corrected chi connectivity index (χ4v) is 2.57. The normalized spacial score (nSPS) is 25.3. The molecule has 0 radical (unpaired) electrons. The van der Waals surface area contributed by atoms with Crippen molar-refractivity contribution in [3.05, 3.63) is 0 Å². The van der Waals surface area contributed by atoms with Crippen molar-refractivity contribution in [1.82, 2.24) is 4.90 Å². The number of rotatable bonds is 6. The van der Waals surface area contributed by atoms with Gasteiger partial charge in [0.25, 0.3) is 0 Å². The summed E-state index contributed by atoms with van der Waals surface area (Å²) in [5.41, 5.74) is -0.0658. The maximum atomic E-state index is 11.9. The van der Waals surface area contributed by atoms with E-state index in [1.807, 2.05) is 6.92 Å². The van der Waals surface area contributed by atoms with Gasteiger partial charge in [-0.05, 0) is 13.3 Å². The number of carbonyl (C=O) groups is 2. The number of amides is 1. The number of carbonyl (C=O) groups excluding carboxylic acids is 1. The summed E-state index contributed by atoms with van der Waals surface area (Å²) < 4.78 is 5.62. The van der Waals surface area contributed by atoms with Crippen LogP contribution in [0.1, 0.15) is 40.0 Å². The minimum absolute atomic E-state index is 0.0658. The average Bonchev–Trinajstić information content (AvgIpc) is 2.30. The summed E-state index contributed by atoms with van der Waals surface area (Å²) in [5.74, 6) is -1.04. The van der Waals surface area contributed by atoms with Gasteiger partial charge in [0.15, 0.2) is 0 Å². The summed E-state index contributed by atoms with van der Waals surface area (Å²) in [6.45, 7) is 6.81. The Morgan fingerprint density at radius 2 is 2.00 bits per heavy atom. The Labute approximate surface area is 108 Å². The molecule has 1 fully saturated rings. The molecule has 0 heterocycles. The molecule has 104 valence electrons. The van der Waals surface area contributed by atoms with Crippen molar-refractivity contribution in [1.29, 1.82) is 0 Å². The SMILES string of the molecule is CCOC1CC(N(C)C(=O)CCC(=O)O)C1(C)C. The van der Waals surface area contributed by atoms with Crippen LogP contribution in [-0.2, 0) is 14.3 Å². The lowest BCUT2D eigenvalue weighted by atomic mass is 9.63. The molecule has 0 bridgehead atoms. The molecule has 0 aromatic carbocycles. The van der Waals surface area contributed by atoms with Crippen molar-refractivity contribution in [2.75, 3.05) is 13.7 Å². The van der Waals surface area contributed by atoms with Crippen LogP contribution in [0.3, 0.4) is 0 Å². The summed E-state index contributed by atoms with van der Waals surface area (Å²) in [5, 5.41) is 8.58. The molecule has 0 aromatic heterocycles. The number of hydrogen-bond acceptors (Lipinski definition) is 3. The van der Waals surface area contributed by atoms with Crippen LogP contribution in [0.25, 0.3) is 0 Å². The van der Waals surface area contributed by atoms with E-state index in [1.54, 1.807) is 11.9 Å². The van der Waals surface area contributed by atoms with E-state index in [9.17, 15) is 9.59 Å². The van der Waals surface area contributed by atoms with Crippen molar-refractivity contribution in [2.45, 2.75) is 52.2 Å². The molecule has 1 aliphatic rings. The van der Waals surface area contributed by atoms with E-state index >= 15 is 0 Å². The minimum Gasteiger partial charge on any atom is -0.481 e. The molecular weight excluding hydrogens is 234 g/mol. The quantitative estimate of drug-likeness (QED) is 0.783. The van der Waals surface area contributed by atoms with Crippen molar-refractivity contribution in [2.24, 2.45) is 5.41 Å². The number of ether oxygens (including phenoxy) is 1. The zero-order chi connectivity index (χ0) is 13.9. The van der Waals surface area contributed by atoms with Gasteiger partial charge in [-0.2, -0.15) is 0 Å². The molecule has 18 heavy (non-hydrogen) atoms. The van der Waals surface area contributed by atoms with E-state index in [4.69, 9.17) is 9.84 Å². The standard InChI is InChI=1S/C13H23NO4/c1-5-18-10-8-9(13(10,2)3)14(4)11(15)6-7-12(16)17/h9-10H,5-8H2,1-4H3,(H,16,17). The molecule has 1 rings (SSSR count). The summed E-state index contributed by atoms with van der Waals surface area (Å²) in [6.07, 6.45) is 0.973. The molecule has 0 aliphatic heterocycles. The minimum atomic E-state index is -0.934. The van der Waals surface area contributed by atoms with Crippen LogP contribution in [0.15, 0.2) is 0 Å². The molecule has 1 saturated carbocycles. The zero-order valence-corrected chi connectivity index (χ0v) is 11.6. The van der Waals surface area contributed by atoms with Crippen molar-refractivity contribution in [3.8, 4) is 0 Å². The molecule has 2 unspecified atom stereocenters. The van der Waals surface area contributed by atoms with Gasteiger partial charge < -0.3 is 14.7 Å². The van der Waals surface area contributed by atoms with Crippen molar-refractivity contribution in [3.63, 3.8) is 0 Å². The highest BCUT2D eigenvalue weighted by molar-refractivity contribution is 5.80. The smallest absolute Gasteiger partial charge is 0.303 e. The first-order valence-corrected chi connectivity index (χ1v) is 6.39. The molecule has 0 saturated heterocycles. The number of carboxylic acids is 1. The second-order valence-corrected chi connectivity index (χ2v) is 5.42. The van der Waals surface area contributed by atoms with E-state index in [0.29, 0.717) is 6.61 Å². The lowest BCUT2D eigenvalue weighted by Gasteiger charge is -2.54. The molecular formula is C13H23NO4. The maximum Gasteiger partial charge on any atom is 0.303 e. The molecule has 2 atom stereocenters. The predicted octanol–water partition coefficient (Wildman–Crippen LogP) is 1.51. The van der Waals surface area contributed by atoms with Crippen molar-refractivity contribution < 1.29 is 19.4 Å². The number of carboxylic acid groups (broad SMARTS) is 1. The zero-order valence-electron chi connectivity index (χ0n) is 11.6. The van der Waals surface area contributed by atoms with Crippen LogP contribution in [0.2, 0.25) is 0 Å². The summed E-state index contributed by atoms with van der Waals surface area (Å²) in [6, 6.07) is 0.135. The lowest BCUT2D eigenvalue weighted by molar-refractivity contribution is -0.164. The van der Waals surface area contributed by atoms with Gasteiger partial charge in [0, 0.05) is 31.5 Å². The van der Waals surface area contributed by atoms with Gasteiger partial charge in [0.2, 0.25) is 5.91 Å². The topological polar surface area (TPSA) is 66.8 Å². The van der Waals surface area contributed by atoms with Crippen LogP contribution in [0.5, 0.6) is 0 Å². The Morgan fingerprint density at radius 3 is 2.44 bits per heavy atom. The maximum absolute atomic E-state index is 11.9. The van der Waals surface area contributed by atoms with Gasteiger partial charge in [0.1, 0.15) is 0 Å². The second kappa shape index (κ2) is 5.69. The van der Waals surface area contributed by atoms with Crippen molar-refractivity contribution >= 4 is 11.9 Å². The Bertz CT molecular complexity index is 327. The third-order valence-electron chi connectivity index (χ3n) is 3.91. The van der Waals surface area contributed by atoms with Gasteiger partial charge in [-0.3, -0.25) is 9.59 Å². The first-order chi connectivity index (χ1) is 8.30. The number of aliphatic carboxylic acids is 1. The summed E-state index contributed by atoms with van der Waals surface area (Å²) in [4.78, 5) is 24.0. The van der Waals surface area contributed by atoms with Gasteiger partial charge in [-0.25, -0.2) is 0 Å². The lowest BCUT2D eigenvalue weighted by Crippen LogP contribution is -2.62. The number of nitrogens with zero attached hydrogens (tertiary/aromatic N) is 1. The molecule has 5 nitrogen and oxygen atoms in total. The molecule has 1 aliphatic carbocycles. The summed E-state index contributed by atoms with van der Waals surface area (Å²) in [7, 11) is 1.75. The Hall–Kier alpha value is -1.10. The predicted molar refractivity (Wildman–Crippen MR) is 67.2 cm³/mol. The van der Waals surface area contributed by atoms with E-state index in [2.05, 4.69) is 13.8 Å². The van der Waals surface area contributed by atoms with Crippen LogP contribution in [0, 0.1) is 5.41 Å². The highest BCUT2D eigenvalue weighted by Crippen LogP contribution is 2.45. The van der Waals surface area contributed by atoms with Gasteiger partial charge in [0.05, 0.1) is 12.5 Å². The van der Waals surface area contributed by atoms with E-state index in [0.717, 1.165) is 6.42 Å². The van der Waals surface area contributed by atoms with Crippen LogP contribution in [-0.4, -0.2) is 47.7 Å².